The molecule has 1 aliphatic rings. The molecule has 24 heavy (non-hydrogen) atoms. The maximum atomic E-state index is 12.4. The van der Waals surface area contributed by atoms with Gasteiger partial charge in [0, 0.05) is 13.1 Å². The highest BCUT2D eigenvalue weighted by Gasteiger charge is 2.26. The van der Waals surface area contributed by atoms with Crippen LogP contribution in [0.25, 0.3) is 0 Å². The van der Waals surface area contributed by atoms with E-state index < -0.39 is 10.1 Å². The van der Waals surface area contributed by atoms with Crippen molar-refractivity contribution in [2.45, 2.75) is 37.3 Å². The van der Waals surface area contributed by atoms with Crippen LogP contribution in [0.15, 0.2) is 59.5 Å². The number of aryl methyl sites for hydroxylation is 1. The van der Waals surface area contributed by atoms with Gasteiger partial charge < -0.3 is 0 Å². The number of likely N-dealkylation sites (tertiary alicyclic amines) is 1. The van der Waals surface area contributed by atoms with Crippen molar-refractivity contribution in [3.05, 3.63) is 65.7 Å². The molecule has 0 spiro atoms. The van der Waals surface area contributed by atoms with Crippen LogP contribution in [-0.4, -0.2) is 32.5 Å². The number of hydrogen-bond acceptors (Lipinski definition) is 4. The molecule has 3 rings (SSSR count). The first-order valence-electron chi connectivity index (χ1n) is 8.29. The molecule has 1 atom stereocenters. The fourth-order valence-corrected chi connectivity index (χ4v) is 4.11. The Morgan fingerprint density at radius 1 is 1.08 bits per heavy atom. The van der Waals surface area contributed by atoms with E-state index in [0.717, 1.165) is 31.5 Å². The minimum Gasteiger partial charge on any atom is -0.296 e. The van der Waals surface area contributed by atoms with Gasteiger partial charge in [-0.3, -0.25) is 9.08 Å². The Balaban J connectivity index is 1.63. The number of benzene rings is 2. The summed E-state index contributed by atoms with van der Waals surface area (Å²) in [7, 11) is -3.70. The molecule has 128 valence electrons. The molecule has 0 radical (unpaired) electrons. The minimum atomic E-state index is -3.70. The summed E-state index contributed by atoms with van der Waals surface area (Å²) in [6.07, 6.45) is 1.44. The fraction of sp³-hybridized carbons (Fsp3) is 0.368. The van der Waals surface area contributed by atoms with Gasteiger partial charge in [-0.1, -0.05) is 48.0 Å². The van der Waals surface area contributed by atoms with Gasteiger partial charge in [-0.25, -0.2) is 0 Å². The van der Waals surface area contributed by atoms with Crippen molar-refractivity contribution in [1.29, 1.82) is 0 Å². The molecule has 0 unspecified atom stereocenters. The standard InChI is InChI=1S/C19H23NO3S/c1-16-9-11-19(12-10-16)24(21,22)23-18-8-5-13-20(15-18)14-17-6-3-2-4-7-17/h2-4,6-7,9-12,18H,5,8,13-15H2,1H3/t18-/m0/s1. The van der Waals surface area contributed by atoms with E-state index in [4.69, 9.17) is 4.18 Å². The molecule has 0 amide bonds. The first-order valence-corrected chi connectivity index (χ1v) is 9.70. The third-order valence-corrected chi connectivity index (χ3v) is 5.66. The zero-order valence-corrected chi connectivity index (χ0v) is 14.7. The van der Waals surface area contributed by atoms with E-state index in [-0.39, 0.29) is 11.0 Å². The molecule has 0 N–H and O–H groups in total. The van der Waals surface area contributed by atoms with E-state index in [1.807, 2.05) is 25.1 Å². The molecule has 0 aliphatic carbocycles. The monoisotopic (exact) mass is 345 g/mol. The van der Waals surface area contributed by atoms with E-state index in [9.17, 15) is 8.42 Å². The summed E-state index contributed by atoms with van der Waals surface area (Å²) < 4.78 is 30.4. The largest absolute Gasteiger partial charge is 0.297 e. The highest BCUT2D eigenvalue weighted by atomic mass is 32.2. The van der Waals surface area contributed by atoms with Gasteiger partial charge in [0.25, 0.3) is 10.1 Å². The number of rotatable bonds is 5. The molecular weight excluding hydrogens is 322 g/mol. The Kier molecular flexibility index (Phi) is 5.33. The van der Waals surface area contributed by atoms with Gasteiger partial charge in [0.05, 0.1) is 11.0 Å². The first-order chi connectivity index (χ1) is 11.5. The molecule has 0 bridgehead atoms. The predicted octanol–water partition coefficient (Wildman–Crippen LogP) is 3.36. The van der Waals surface area contributed by atoms with E-state index in [1.165, 1.54) is 5.56 Å². The van der Waals surface area contributed by atoms with Gasteiger partial charge in [0.2, 0.25) is 0 Å². The smallest absolute Gasteiger partial charge is 0.296 e. The summed E-state index contributed by atoms with van der Waals surface area (Å²) in [6, 6.07) is 17.0. The highest BCUT2D eigenvalue weighted by molar-refractivity contribution is 7.86. The van der Waals surface area contributed by atoms with Crippen LogP contribution in [-0.2, 0) is 20.8 Å². The van der Waals surface area contributed by atoms with Crippen molar-refractivity contribution in [3.63, 3.8) is 0 Å². The van der Waals surface area contributed by atoms with Crippen molar-refractivity contribution in [3.8, 4) is 0 Å². The molecule has 2 aromatic rings. The lowest BCUT2D eigenvalue weighted by molar-refractivity contribution is 0.0890. The Bertz CT molecular complexity index is 757. The lowest BCUT2D eigenvalue weighted by Gasteiger charge is -2.32. The molecule has 2 aromatic carbocycles. The van der Waals surface area contributed by atoms with Gasteiger partial charge in [0.15, 0.2) is 0 Å². The summed E-state index contributed by atoms with van der Waals surface area (Å²) in [5, 5.41) is 0. The molecule has 1 fully saturated rings. The molecule has 1 heterocycles. The van der Waals surface area contributed by atoms with Gasteiger partial charge in [-0.2, -0.15) is 8.42 Å². The summed E-state index contributed by atoms with van der Waals surface area (Å²) in [6.45, 7) is 4.37. The van der Waals surface area contributed by atoms with Crippen molar-refractivity contribution < 1.29 is 12.6 Å². The van der Waals surface area contributed by atoms with Gasteiger partial charge in [-0.15, -0.1) is 0 Å². The topological polar surface area (TPSA) is 46.6 Å². The predicted molar refractivity (Wildman–Crippen MR) is 94.2 cm³/mol. The van der Waals surface area contributed by atoms with Crippen LogP contribution in [0.4, 0.5) is 0 Å². The van der Waals surface area contributed by atoms with Crippen molar-refractivity contribution in [2.75, 3.05) is 13.1 Å². The fourth-order valence-electron chi connectivity index (χ4n) is 3.02. The molecule has 5 heteroatoms. The maximum absolute atomic E-state index is 12.4. The second-order valence-electron chi connectivity index (χ2n) is 6.35. The van der Waals surface area contributed by atoms with Crippen LogP contribution >= 0.6 is 0 Å². The maximum Gasteiger partial charge on any atom is 0.297 e. The zero-order chi connectivity index (χ0) is 17.0. The van der Waals surface area contributed by atoms with E-state index in [2.05, 4.69) is 17.0 Å². The first kappa shape index (κ1) is 17.1. The van der Waals surface area contributed by atoms with Crippen LogP contribution < -0.4 is 0 Å². The lowest BCUT2D eigenvalue weighted by Crippen LogP contribution is -2.40. The van der Waals surface area contributed by atoms with Crippen LogP contribution in [0.5, 0.6) is 0 Å². The highest BCUT2D eigenvalue weighted by Crippen LogP contribution is 2.21. The van der Waals surface area contributed by atoms with Crippen LogP contribution in [0.1, 0.15) is 24.0 Å². The summed E-state index contributed by atoms with van der Waals surface area (Å²) in [4.78, 5) is 2.49. The Morgan fingerprint density at radius 3 is 2.50 bits per heavy atom. The van der Waals surface area contributed by atoms with Gasteiger partial charge >= 0.3 is 0 Å². The van der Waals surface area contributed by atoms with E-state index >= 15 is 0 Å². The van der Waals surface area contributed by atoms with E-state index in [1.54, 1.807) is 24.3 Å². The average molecular weight is 345 g/mol. The third kappa shape index (κ3) is 4.44. The molecule has 0 saturated carbocycles. The van der Waals surface area contributed by atoms with Crippen LogP contribution in [0.2, 0.25) is 0 Å². The second kappa shape index (κ2) is 7.47. The Morgan fingerprint density at radius 2 is 1.79 bits per heavy atom. The summed E-state index contributed by atoms with van der Waals surface area (Å²) in [5.41, 5.74) is 2.26. The molecule has 1 aliphatic heterocycles. The summed E-state index contributed by atoms with van der Waals surface area (Å²) in [5.74, 6) is 0. The molecule has 1 saturated heterocycles. The van der Waals surface area contributed by atoms with Crippen LogP contribution in [0.3, 0.4) is 0 Å². The summed E-state index contributed by atoms with van der Waals surface area (Å²) >= 11 is 0. The number of hydrogen-bond donors (Lipinski definition) is 0. The van der Waals surface area contributed by atoms with Crippen molar-refractivity contribution >= 4 is 10.1 Å². The SMILES string of the molecule is Cc1ccc(S(=O)(=O)O[C@H]2CCCN(Cc3ccccc3)C2)cc1. The van der Waals surface area contributed by atoms with E-state index in [0.29, 0.717) is 6.54 Å². The number of nitrogens with zero attached hydrogens (tertiary/aromatic N) is 1. The lowest BCUT2D eigenvalue weighted by atomic mass is 10.1. The van der Waals surface area contributed by atoms with Crippen molar-refractivity contribution in [2.24, 2.45) is 0 Å². The zero-order valence-electron chi connectivity index (χ0n) is 13.9. The van der Waals surface area contributed by atoms with Gasteiger partial charge in [-0.05, 0) is 44.0 Å². The van der Waals surface area contributed by atoms with Crippen molar-refractivity contribution in [1.82, 2.24) is 4.90 Å². The average Bonchev–Trinajstić information content (AvgIpc) is 2.56. The molecule has 0 aromatic heterocycles. The molecular formula is C19H23NO3S. The van der Waals surface area contributed by atoms with Gasteiger partial charge in [0.1, 0.15) is 0 Å². The second-order valence-corrected chi connectivity index (χ2v) is 7.92. The Hall–Kier alpha value is -1.69. The minimum absolute atomic E-state index is 0.230. The van der Waals surface area contributed by atoms with Crippen LogP contribution in [0, 0.1) is 6.92 Å². The normalized spacial score (nSPS) is 19.3. The Labute approximate surface area is 144 Å². The number of piperidine rings is 1. The third-order valence-electron chi connectivity index (χ3n) is 4.28. The quantitative estimate of drug-likeness (QED) is 0.780. The molecule has 4 nitrogen and oxygen atoms in total.